The van der Waals surface area contributed by atoms with E-state index >= 15 is 0 Å². The minimum absolute atomic E-state index is 0. The molecule has 11 nitrogen and oxygen atoms in total. The number of hydrogen-bond donors (Lipinski definition) is 0. The van der Waals surface area contributed by atoms with Crippen molar-refractivity contribution in [2.24, 2.45) is 9.98 Å². The van der Waals surface area contributed by atoms with Crippen molar-refractivity contribution in [1.29, 1.82) is 0 Å². The SMILES string of the molecule is CC(=O)[O-].CCN(CC)CCN=Cc1cc(C)cc(C=NCCN(CC)CC)c1[O-].CN(C)C=O.[N-]=C=S.[N-]=C=S.[Ni+3].[Ni+3]. The van der Waals surface area contributed by atoms with Gasteiger partial charge in [-0.25, -0.2) is 0 Å². The number of thiocarbonyl (C=S) groups is 2. The van der Waals surface area contributed by atoms with Crippen LogP contribution in [0.5, 0.6) is 5.75 Å². The molecule has 0 aliphatic heterocycles. The molecule has 0 saturated heterocycles. The number of nitrogens with zero attached hydrogens (tertiary/aromatic N) is 7. The van der Waals surface area contributed by atoms with E-state index in [4.69, 9.17) is 20.7 Å². The standard InChI is InChI=1S/C21H36N4O.C3H7NO.C2H4O2.2CNS.2Ni/c1-6-24(7-2)12-10-22-16-19-14-18(5)15-20(21(19)26)17-23-11-13-25(8-3)9-4;1-4(2)3-5;1-2(3)4;2*2-1-3;;/h14-17,26H,6-13H2,1-5H3;3H,1-2H3;1H3,(H,3,4);;;;/q;;;2*-1;2*+3/p-2. The van der Waals surface area contributed by atoms with Crippen molar-refractivity contribution < 1.29 is 52.8 Å². The van der Waals surface area contributed by atoms with Crippen molar-refractivity contribution in [3.63, 3.8) is 0 Å². The third-order valence-electron chi connectivity index (χ3n) is 4.84. The van der Waals surface area contributed by atoms with Gasteiger partial charge in [0.1, 0.15) is 0 Å². The van der Waals surface area contributed by atoms with Crippen molar-refractivity contribution in [2.45, 2.75) is 41.5 Å². The van der Waals surface area contributed by atoms with Gasteiger partial charge in [0.05, 0.1) is 13.1 Å². The van der Waals surface area contributed by atoms with Crippen LogP contribution in [0, 0.1) is 6.92 Å². The number of benzene rings is 1. The molecule has 246 valence electrons. The van der Waals surface area contributed by atoms with Gasteiger partial charge in [-0.15, -0.1) is 0 Å². The molecule has 0 aliphatic carbocycles. The van der Waals surface area contributed by atoms with Crippen LogP contribution in [0.15, 0.2) is 22.1 Å². The molecule has 43 heavy (non-hydrogen) atoms. The summed E-state index contributed by atoms with van der Waals surface area (Å²) in [5, 5.41) is 38.4. The van der Waals surface area contributed by atoms with Gasteiger partial charge in [-0.05, 0) is 56.7 Å². The Bertz CT molecular complexity index is 886. The Balaban J connectivity index is -0.000000168. The van der Waals surface area contributed by atoms with Crippen molar-refractivity contribution in [3.8, 4) is 5.75 Å². The van der Waals surface area contributed by atoms with Gasteiger partial charge < -0.3 is 40.5 Å². The van der Waals surface area contributed by atoms with Gasteiger partial charge in [-0.1, -0.05) is 70.0 Å². The average molecular weight is 725 g/mol. The molecule has 0 unspecified atom stereocenters. The van der Waals surface area contributed by atoms with Crippen LogP contribution >= 0.6 is 24.4 Å². The van der Waals surface area contributed by atoms with Crippen LogP contribution in [-0.2, 0) is 42.6 Å². The topological polar surface area (TPSA) is 159 Å². The van der Waals surface area contributed by atoms with Gasteiger partial charge in [0, 0.05) is 45.6 Å². The van der Waals surface area contributed by atoms with E-state index in [0.717, 1.165) is 58.2 Å². The Morgan fingerprint density at radius 2 is 1.14 bits per heavy atom. The second-order valence-electron chi connectivity index (χ2n) is 8.14. The predicted octanol–water partition coefficient (Wildman–Crippen LogP) is 2.36. The molecule has 0 spiro atoms. The summed E-state index contributed by atoms with van der Waals surface area (Å²) in [4.78, 5) is 33.3. The van der Waals surface area contributed by atoms with Gasteiger partial charge in [-0.3, -0.25) is 14.8 Å². The fourth-order valence-electron chi connectivity index (χ4n) is 2.83. The summed E-state index contributed by atoms with van der Waals surface area (Å²) in [6.45, 7) is 18.9. The van der Waals surface area contributed by atoms with Gasteiger partial charge in [0.15, 0.2) is 0 Å². The van der Waals surface area contributed by atoms with Gasteiger partial charge in [0.2, 0.25) is 6.41 Å². The number of carbonyl (C=O) groups is 2. The molecule has 1 rings (SSSR count). The summed E-state index contributed by atoms with van der Waals surface area (Å²) in [7, 11) is 3.38. The predicted molar refractivity (Wildman–Crippen MR) is 173 cm³/mol. The largest absolute Gasteiger partial charge is 3.00 e. The minimum Gasteiger partial charge on any atom is -0.872 e. The molecule has 1 aromatic carbocycles. The number of aliphatic carboxylic acids is 1. The van der Waals surface area contributed by atoms with Crippen molar-refractivity contribution >= 4 is 59.6 Å². The van der Waals surface area contributed by atoms with E-state index in [0.29, 0.717) is 24.2 Å². The third kappa shape index (κ3) is 39.8. The summed E-state index contributed by atoms with van der Waals surface area (Å²) in [5.74, 6) is -1.08. The maximum Gasteiger partial charge on any atom is 3.00 e. The summed E-state index contributed by atoms with van der Waals surface area (Å²) >= 11 is 7.40. The number of likely N-dealkylation sites (N-methyl/N-ethyl adjacent to an activating group) is 2. The first-order valence-corrected chi connectivity index (χ1v) is 13.8. The van der Waals surface area contributed by atoms with Crippen molar-refractivity contribution in [1.82, 2.24) is 14.7 Å². The van der Waals surface area contributed by atoms with E-state index in [2.05, 4.69) is 71.9 Å². The van der Waals surface area contributed by atoms with Crippen LogP contribution in [0.3, 0.4) is 0 Å². The van der Waals surface area contributed by atoms with E-state index < -0.39 is 5.97 Å². The minimum atomic E-state index is -1.08. The zero-order valence-electron chi connectivity index (χ0n) is 26.3. The van der Waals surface area contributed by atoms with Gasteiger partial charge in [0.25, 0.3) is 0 Å². The fraction of sp³-hybridized carbons (Fsp3) is 0.571. The molecule has 0 atom stereocenters. The molecular formula is C28H45N7Ni2O4S2+2. The smallest absolute Gasteiger partial charge is 0.872 e. The summed E-state index contributed by atoms with van der Waals surface area (Å²) in [5.41, 5.74) is 2.35. The molecule has 1 amide bonds. The first kappa shape index (κ1) is 53.4. The Hall–Kier alpha value is -2.19. The number of carboxylic acids is 1. The Labute approximate surface area is 289 Å². The molecule has 0 saturated carbocycles. The fourth-order valence-corrected chi connectivity index (χ4v) is 2.83. The molecule has 0 aliphatic rings. The van der Waals surface area contributed by atoms with Crippen LogP contribution in [0.1, 0.15) is 51.3 Å². The zero-order chi connectivity index (χ0) is 32.6. The molecule has 1 aromatic rings. The van der Waals surface area contributed by atoms with Gasteiger partial charge in [-0.2, -0.15) is 10.3 Å². The number of carboxylic acid groups (broad SMARTS) is 1. The summed E-state index contributed by atoms with van der Waals surface area (Å²) < 4.78 is 0. The monoisotopic (exact) mass is 723 g/mol. The number of carbonyl (C=O) groups excluding carboxylic acids is 2. The zero-order valence-corrected chi connectivity index (χ0v) is 29.9. The van der Waals surface area contributed by atoms with Crippen molar-refractivity contribution in [3.05, 3.63) is 39.6 Å². The average Bonchev–Trinajstić information content (AvgIpc) is 2.92. The molecule has 0 aromatic heterocycles. The number of isothiocyanates is 2. The van der Waals surface area contributed by atoms with E-state index in [1.807, 2.05) is 19.1 Å². The number of rotatable bonds is 13. The maximum absolute atomic E-state index is 12.6. The summed E-state index contributed by atoms with van der Waals surface area (Å²) in [6.07, 6.45) is 4.18. The molecule has 2 radical (unpaired) electrons. The second kappa shape index (κ2) is 39.8. The van der Waals surface area contributed by atoms with Crippen LogP contribution in [0.2, 0.25) is 0 Å². The first-order chi connectivity index (χ1) is 19.4. The van der Waals surface area contributed by atoms with Crippen LogP contribution < -0.4 is 10.2 Å². The van der Waals surface area contributed by atoms with E-state index in [1.165, 1.54) is 15.2 Å². The third-order valence-corrected chi connectivity index (χ3v) is 4.84. The van der Waals surface area contributed by atoms with Crippen molar-refractivity contribution in [2.75, 3.05) is 66.5 Å². The Morgan fingerprint density at radius 1 is 0.884 bits per heavy atom. The maximum atomic E-state index is 12.6. The van der Waals surface area contributed by atoms with E-state index in [1.54, 1.807) is 26.5 Å². The molecule has 0 fully saturated rings. The van der Waals surface area contributed by atoms with Gasteiger partial charge >= 0.3 is 33.0 Å². The number of hydrogen-bond acceptors (Lipinski definition) is 10. The molecule has 0 heterocycles. The Kier molecular flexibility index (Phi) is 49.4. The second-order valence-corrected chi connectivity index (χ2v) is 8.51. The first-order valence-electron chi connectivity index (χ1n) is 13.0. The molecular weight excluding hydrogens is 680 g/mol. The molecule has 0 bridgehead atoms. The quantitative estimate of drug-likeness (QED) is 0.130. The normalized spacial score (nSPS) is 9.16. The van der Waals surface area contributed by atoms with E-state index in [9.17, 15) is 9.90 Å². The number of amides is 1. The van der Waals surface area contributed by atoms with Crippen LogP contribution in [0.25, 0.3) is 10.8 Å². The molecule has 0 N–H and O–H groups in total. The number of aliphatic imine (C=N–C) groups is 2. The van der Waals surface area contributed by atoms with Crippen LogP contribution in [-0.4, -0.2) is 116 Å². The summed E-state index contributed by atoms with van der Waals surface area (Å²) in [6, 6.07) is 3.80. The number of aryl methyl sites for hydroxylation is 1. The van der Waals surface area contributed by atoms with Crippen LogP contribution in [0.4, 0.5) is 0 Å². The van der Waals surface area contributed by atoms with E-state index in [-0.39, 0.29) is 38.7 Å². The molecule has 15 heteroatoms. The Morgan fingerprint density at radius 3 is 1.35 bits per heavy atom.